The lowest BCUT2D eigenvalue weighted by molar-refractivity contribution is 0.195. The number of nitrogens with zero attached hydrogens (tertiary/aromatic N) is 7. The fraction of sp³-hybridized carbons (Fsp3) is 0.579. The van der Waals surface area contributed by atoms with E-state index in [-0.39, 0.29) is 0 Å². The van der Waals surface area contributed by atoms with Gasteiger partial charge in [0.1, 0.15) is 18.2 Å². The number of nitrogens with one attached hydrogen (secondary N) is 1. The van der Waals surface area contributed by atoms with Gasteiger partial charge in [0.15, 0.2) is 11.8 Å². The number of methoxy groups -OCH3 is 1. The predicted molar refractivity (Wildman–Crippen MR) is 109 cm³/mol. The fourth-order valence-corrected chi connectivity index (χ4v) is 3.11. The monoisotopic (exact) mass is 386 g/mol. The fourth-order valence-electron chi connectivity index (χ4n) is 3.11. The lowest BCUT2D eigenvalue weighted by atomic mass is 10.3. The van der Waals surface area contributed by atoms with Gasteiger partial charge in [-0.25, -0.2) is 9.98 Å². The van der Waals surface area contributed by atoms with Gasteiger partial charge in [-0.3, -0.25) is 0 Å². The normalized spacial score (nSPS) is 15.2. The second kappa shape index (κ2) is 10.0. The summed E-state index contributed by atoms with van der Waals surface area (Å²) in [6, 6.07) is 6.04. The van der Waals surface area contributed by atoms with E-state index in [0.29, 0.717) is 6.54 Å². The Morgan fingerprint density at radius 3 is 2.68 bits per heavy atom. The van der Waals surface area contributed by atoms with Crippen LogP contribution in [0.1, 0.15) is 18.1 Å². The van der Waals surface area contributed by atoms with Gasteiger partial charge in [0.2, 0.25) is 0 Å². The number of pyridine rings is 1. The van der Waals surface area contributed by atoms with Crippen molar-refractivity contribution in [2.45, 2.75) is 19.9 Å². The van der Waals surface area contributed by atoms with Crippen molar-refractivity contribution in [3.05, 3.63) is 36.0 Å². The van der Waals surface area contributed by atoms with Gasteiger partial charge in [0, 0.05) is 59.7 Å². The van der Waals surface area contributed by atoms with E-state index in [2.05, 4.69) is 36.4 Å². The summed E-state index contributed by atoms with van der Waals surface area (Å²) < 4.78 is 7.13. The van der Waals surface area contributed by atoms with Gasteiger partial charge in [0.25, 0.3) is 0 Å². The second-order valence-corrected chi connectivity index (χ2v) is 6.80. The highest BCUT2D eigenvalue weighted by Gasteiger charge is 2.20. The van der Waals surface area contributed by atoms with Crippen LogP contribution >= 0.6 is 0 Å². The van der Waals surface area contributed by atoms with E-state index in [9.17, 15) is 0 Å². The molecule has 0 aliphatic carbocycles. The van der Waals surface area contributed by atoms with E-state index in [1.54, 1.807) is 7.11 Å². The number of hydrogen-bond donors (Lipinski definition) is 1. The third-order valence-corrected chi connectivity index (χ3v) is 4.91. The van der Waals surface area contributed by atoms with Gasteiger partial charge >= 0.3 is 0 Å². The van der Waals surface area contributed by atoms with Crippen molar-refractivity contribution in [2.75, 3.05) is 51.3 Å². The number of guanidine groups is 1. The van der Waals surface area contributed by atoms with Crippen LogP contribution in [0.2, 0.25) is 0 Å². The van der Waals surface area contributed by atoms with Gasteiger partial charge in [-0.1, -0.05) is 6.07 Å². The molecule has 0 aromatic carbocycles. The summed E-state index contributed by atoms with van der Waals surface area (Å²) in [5, 5.41) is 11.8. The van der Waals surface area contributed by atoms with Crippen molar-refractivity contribution in [1.29, 1.82) is 0 Å². The average Bonchev–Trinajstić information content (AvgIpc) is 3.06. The first-order chi connectivity index (χ1) is 13.7. The summed E-state index contributed by atoms with van der Waals surface area (Å²) in [6.45, 7) is 7.62. The standard InChI is InChI=1S/C19H30N8O/c1-16-23-24-18(25(16)2)15-22-19(21-9-6-14-28-3)27-12-10-26(11-13-27)17-7-4-5-8-20-17/h4-5,7-8H,6,9-15H2,1-3H3,(H,21,22). The molecule has 1 aliphatic heterocycles. The van der Waals surface area contributed by atoms with Crippen LogP contribution in [-0.4, -0.2) is 77.0 Å². The maximum Gasteiger partial charge on any atom is 0.194 e. The molecule has 1 N–H and O–H groups in total. The van der Waals surface area contributed by atoms with Crippen LogP contribution in [0.3, 0.4) is 0 Å². The van der Waals surface area contributed by atoms with Crippen LogP contribution in [0, 0.1) is 6.92 Å². The highest BCUT2D eigenvalue weighted by molar-refractivity contribution is 5.80. The van der Waals surface area contributed by atoms with Crippen LogP contribution in [0.15, 0.2) is 29.4 Å². The summed E-state index contributed by atoms with van der Waals surface area (Å²) in [6.07, 6.45) is 2.78. The first-order valence-corrected chi connectivity index (χ1v) is 9.72. The van der Waals surface area contributed by atoms with Crippen molar-refractivity contribution >= 4 is 11.8 Å². The average molecular weight is 387 g/mol. The zero-order chi connectivity index (χ0) is 19.8. The lowest BCUT2D eigenvalue weighted by Gasteiger charge is -2.37. The minimum absolute atomic E-state index is 0.504. The SMILES string of the molecule is COCCCNC(=NCc1nnc(C)n1C)N1CCN(c2ccccn2)CC1. The van der Waals surface area contributed by atoms with Gasteiger partial charge in [0.05, 0.1) is 0 Å². The molecule has 152 valence electrons. The maximum absolute atomic E-state index is 5.15. The first-order valence-electron chi connectivity index (χ1n) is 9.72. The minimum atomic E-state index is 0.504. The zero-order valence-corrected chi connectivity index (χ0v) is 17.0. The van der Waals surface area contributed by atoms with Crippen molar-refractivity contribution in [1.82, 2.24) is 30.0 Å². The van der Waals surface area contributed by atoms with Gasteiger partial charge < -0.3 is 24.4 Å². The molecule has 1 fully saturated rings. The molecular formula is C19H30N8O. The molecule has 1 aliphatic rings. The molecule has 28 heavy (non-hydrogen) atoms. The van der Waals surface area contributed by atoms with Crippen LogP contribution in [0.5, 0.6) is 0 Å². The van der Waals surface area contributed by atoms with Crippen molar-refractivity contribution in [3.63, 3.8) is 0 Å². The quantitative estimate of drug-likeness (QED) is 0.428. The molecule has 0 unspecified atom stereocenters. The maximum atomic E-state index is 5.15. The molecule has 2 aromatic heterocycles. The Kier molecular flexibility index (Phi) is 7.18. The van der Waals surface area contributed by atoms with E-state index in [1.165, 1.54) is 0 Å². The molecule has 0 bridgehead atoms. The molecule has 2 aromatic rings. The molecule has 3 heterocycles. The van der Waals surface area contributed by atoms with E-state index >= 15 is 0 Å². The van der Waals surface area contributed by atoms with E-state index in [1.807, 2.05) is 36.9 Å². The number of aryl methyl sites for hydroxylation is 1. The Bertz CT molecular complexity index is 753. The van der Waals surface area contributed by atoms with Gasteiger partial charge in [-0.2, -0.15) is 0 Å². The molecule has 0 radical (unpaired) electrons. The Morgan fingerprint density at radius 1 is 1.21 bits per heavy atom. The van der Waals surface area contributed by atoms with Crippen LogP contribution in [0.4, 0.5) is 5.82 Å². The molecule has 0 amide bonds. The zero-order valence-electron chi connectivity index (χ0n) is 17.0. The van der Waals surface area contributed by atoms with Crippen LogP contribution in [0.25, 0.3) is 0 Å². The van der Waals surface area contributed by atoms with Crippen LogP contribution < -0.4 is 10.2 Å². The molecular weight excluding hydrogens is 356 g/mol. The van der Waals surface area contributed by atoms with Gasteiger partial charge in [-0.05, 0) is 25.5 Å². The number of piperazine rings is 1. The number of hydrogen-bond acceptors (Lipinski definition) is 6. The van der Waals surface area contributed by atoms with Crippen molar-refractivity contribution in [2.24, 2.45) is 12.0 Å². The molecule has 9 nitrogen and oxygen atoms in total. The summed E-state index contributed by atoms with van der Waals surface area (Å²) in [4.78, 5) is 13.9. The number of aliphatic imine (C=N–C) groups is 1. The Balaban J connectivity index is 1.63. The van der Waals surface area contributed by atoms with Crippen molar-refractivity contribution in [3.8, 4) is 0 Å². The van der Waals surface area contributed by atoms with Crippen molar-refractivity contribution < 1.29 is 4.74 Å². The summed E-state index contributed by atoms with van der Waals surface area (Å²) >= 11 is 0. The first kappa shape index (κ1) is 20.1. The highest BCUT2D eigenvalue weighted by atomic mass is 16.5. The molecule has 0 spiro atoms. The predicted octanol–water partition coefficient (Wildman–Crippen LogP) is 0.823. The number of anilines is 1. The second-order valence-electron chi connectivity index (χ2n) is 6.80. The van der Waals surface area contributed by atoms with E-state index in [0.717, 1.165) is 69.2 Å². The van der Waals surface area contributed by atoms with Crippen LogP contribution in [-0.2, 0) is 18.3 Å². The Morgan fingerprint density at radius 2 is 2.04 bits per heavy atom. The Labute approximate surface area is 166 Å². The molecule has 0 saturated carbocycles. The number of aromatic nitrogens is 4. The van der Waals surface area contributed by atoms with Gasteiger partial charge in [-0.15, -0.1) is 10.2 Å². The number of ether oxygens (including phenoxy) is 1. The number of rotatable bonds is 7. The largest absolute Gasteiger partial charge is 0.385 e. The topological polar surface area (TPSA) is 83.7 Å². The molecule has 9 heteroatoms. The lowest BCUT2D eigenvalue weighted by Crippen LogP contribution is -2.53. The third kappa shape index (κ3) is 5.19. The summed E-state index contributed by atoms with van der Waals surface area (Å²) in [5.74, 6) is 3.70. The Hall–Kier alpha value is -2.68. The third-order valence-electron chi connectivity index (χ3n) is 4.91. The van der Waals surface area contributed by atoms with E-state index < -0.39 is 0 Å². The highest BCUT2D eigenvalue weighted by Crippen LogP contribution is 2.13. The smallest absolute Gasteiger partial charge is 0.194 e. The molecule has 3 rings (SSSR count). The summed E-state index contributed by atoms with van der Waals surface area (Å²) in [7, 11) is 3.69. The minimum Gasteiger partial charge on any atom is -0.385 e. The molecule has 0 atom stereocenters. The summed E-state index contributed by atoms with van der Waals surface area (Å²) in [5.41, 5.74) is 0. The molecule has 1 saturated heterocycles. The van der Waals surface area contributed by atoms with E-state index in [4.69, 9.17) is 9.73 Å².